The van der Waals surface area contributed by atoms with Crippen molar-refractivity contribution in [1.29, 1.82) is 0 Å². The Morgan fingerprint density at radius 3 is 2.83 bits per heavy atom. The summed E-state index contributed by atoms with van der Waals surface area (Å²) in [4.78, 5) is 4.82. The maximum absolute atomic E-state index is 6.11. The van der Waals surface area contributed by atoms with Gasteiger partial charge in [0.1, 0.15) is 0 Å². The van der Waals surface area contributed by atoms with Gasteiger partial charge in [-0.05, 0) is 51.1 Å². The molecule has 2 N–H and O–H groups in total. The van der Waals surface area contributed by atoms with Crippen molar-refractivity contribution in [1.82, 2.24) is 10.3 Å². The minimum Gasteiger partial charge on any atom is -0.358 e. The highest BCUT2D eigenvalue weighted by molar-refractivity contribution is 8.00. The summed E-state index contributed by atoms with van der Waals surface area (Å²) in [6.07, 6.45) is 2.49. The fourth-order valence-electron chi connectivity index (χ4n) is 2.51. The molecule has 0 radical (unpaired) electrons. The molecule has 96 valence electrons. The zero-order chi connectivity index (χ0) is 12.5. The number of thioether (sulfide) groups is 1. The first-order valence-corrected chi connectivity index (χ1v) is 7.65. The number of fused-ring (bicyclic) bond motifs is 1. The Morgan fingerprint density at radius 1 is 1.28 bits per heavy atom. The molecule has 1 aromatic carbocycles. The monoisotopic (exact) mass is 280 g/mol. The van der Waals surface area contributed by atoms with E-state index < -0.39 is 0 Å². The maximum atomic E-state index is 6.11. The predicted molar refractivity (Wildman–Crippen MR) is 79.8 cm³/mol. The second-order valence-electron chi connectivity index (χ2n) is 4.84. The molecule has 0 bridgehead atoms. The molecule has 1 aromatic heterocycles. The van der Waals surface area contributed by atoms with Crippen LogP contribution in [-0.4, -0.2) is 23.3 Å². The third-order valence-corrected chi connectivity index (χ3v) is 5.26. The lowest BCUT2D eigenvalue weighted by Crippen LogP contribution is -2.29. The third-order valence-electron chi connectivity index (χ3n) is 3.46. The molecule has 4 heteroatoms. The predicted octanol–water partition coefficient (Wildman–Crippen LogP) is 3.97. The van der Waals surface area contributed by atoms with E-state index in [1.165, 1.54) is 34.3 Å². The van der Waals surface area contributed by atoms with E-state index in [0.717, 1.165) is 23.4 Å². The van der Waals surface area contributed by atoms with Crippen LogP contribution in [0.25, 0.3) is 10.9 Å². The van der Waals surface area contributed by atoms with E-state index in [9.17, 15) is 0 Å². The number of H-pyrrole nitrogens is 1. The average Bonchev–Trinajstić information content (AvgIpc) is 2.67. The molecular weight excluding hydrogens is 264 g/mol. The van der Waals surface area contributed by atoms with E-state index >= 15 is 0 Å². The van der Waals surface area contributed by atoms with Gasteiger partial charge in [0.2, 0.25) is 0 Å². The number of aromatic amines is 1. The van der Waals surface area contributed by atoms with E-state index in [0.29, 0.717) is 0 Å². The lowest BCUT2D eigenvalue weighted by Gasteiger charge is -2.22. The van der Waals surface area contributed by atoms with Crippen molar-refractivity contribution >= 4 is 34.3 Å². The van der Waals surface area contributed by atoms with Gasteiger partial charge in [0.25, 0.3) is 0 Å². The first-order chi connectivity index (χ1) is 8.74. The summed E-state index contributed by atoms with van der Waals surface area (Å²) < 4.78 is 0. The molecular formula is C14H17ClN2S. The molecule has 0 saturated carbocycles. The largest absolute Gasteiger partial charge is 0.358 e. The zero-order valence-electron chi connectivity index (χ0n) is 10.4. The number of halogens is 1. The Bertz CT molecular complexity index is 558. The van der Waals surface area contributed by atoms with Crippen LogP contribution in [0.5, 0.6) is 0 Å². The highest BCUT2D eigenvalue weighted by Gasteiger charge is 2.18. The first-order valence-electron chi connectivity index (χ1n) is 6.39. The van der Waals surface area contributed by atoms with Crippen LogP contribution in [0.15, 0.2) is 23.1 Å². The smallest absolute Gasteiger partial charge is 0.0468 e. The first kappa shape index (κ1) is 12.4. The molecule has 1 saturated heterocycles. The molecule has 1 fully saturated rings. The molecule has 2 aromatic rings. The second kappa shape index (κ2) is 5.16. The van der Waals surface area contributed by atoms with Crippen LogP contribution in [-0.2, 0) is 0 Å². The number of hydrogen-bond donors (Lipinski definition) is 2. The fraction of sp³-hybridized carbons (Fsp3) is 0.429. The molecule has 0 atom stereocenters. The van der Waals surface area contributed by atoms with Gasteiger partial charge < -0.3 is 10.3 Å². The van der Waals surface area contributed by atoms with Gasteiger partial charge in [-0.3, -0.25) is 0 Å². The van der Waals surface area contributed by atoms with Crippen molar-refractivity contribution < 1.29 is 0 Å². The molecule has 0 aliphatic carbocycles. The number of aromatic nitrogens is 1. The Kier molecular flexibility index (Phi) is 3.55. The average molecular weight is 281 g/mol. The van der Waals surface area contributed by atoms with Gasteiger partial charge in [-0.1, -0.05) is 11.6 Å². The fourth-order valence-corrected chi connectivity index (χ4v) is 4.01. The molecule has 2 heterocycles. The topological polar surface area (TPSA) is 27.8 Å². The van der Waals surface area contributed by atoms with Gasteiger partial charge in [0, 0.05) is 31.8 Å². The molecule has 0 spiro atoms. The highest BCUT2D eigenvalue weighted by atomic mass is 35.5. The van der Waals surface area contributed by atoms with E-state index in [2.05, 4.69) is 29.4 Å². The van der Waals surface area contributed by atoms with Gasteiger partial charge in [-0.2, -0.15) is 0 Å². The highest BCUT2D eigenvalue weighted by Crippen LogP contribution is 2.37. The van der Waals surface area contributed by atoms with Gasteiger partial charge in [-0.25, -0.2) is 0 Å². The lowest BCUT2D eigenvalue weighted by molar-refractivity contribution is 0.531. The Labute approximate surface area is 116 Å². The zero-order valence-corrected chi connectivity index (χ0v) is 12.0. The normalized spacial score (nSPS) is 17.4. The van der Waals surface area contributed by atoms with Crippen LogP contribution >= 0.6 is 23.4 Å². The second-order valence-corrected chi connectivity index (χ2v) is 6.58. The molecule has 1 aliphatic heterocycles. The SMILES string of the molecule is Cc1[nH]c2ccc(Cl)cc2c1SC1CCNCC1. The minimum atomic E-state index is 0.725. The van der Waals surface area contributed by atoms with Crippen LogP contribution < -0.4 is 5.32 Å². The summed E-state index contributed by atoms with van der Waals surface area (Å²) in [5, 5.41) is 6.22. The van der Waals surface area contributed by atoms with Crippen molar-refractivity contribution in [2.45, 2.75) is 29.9 Å². The van der Waals surface area contributed by atoms with E-state index in [4.69, 9.17) is 11.6 Å². The maximum Gasteiger partial charge on any atom is 0.0468 e. The number of benzene rings is 1. The summed E-state index contributed by atoms with van der Waals surface area (Å²) in [6.45, 7) is 4.43. The standard InChI is InChI=1S/C14H17ClN2S/c1-9-14(18-11-4-6-16-7-5-11)12-8-10(15)2-3-13(12)17-9/h2-3,8,11,16-17H,4-7H2,1H3. The number of rotatable bonds is 2. The summed E-state index contributed by atoms with van der Waals surface area (Å²) in [5.41, 5.74) is 2.45. The van der Waals surface area contributed by atoms with Crippen molar-refractivity contribution in [2.24, 2.45) is 0 Å². The van der Waals surface area contributed by atoms with Crippen LogP contribution in [0, 0.1) is 6.92 Å². The van der Waals surface area contributed by atoms with Crippen LogP contribution in [0.4, 0.5) is 0 Å². The number of aryl methyl sites for hydroxylation is 1. The van der Waals surface area contributed by atoms with Crippen LogP contribution in [0.3, 0.4) is 0 Å². The van der Waals surface area contributed by atoms with E-state index in [1.54, 1.807) is 0 Å². The minimum absolute atomic E-state index is 0.725. The lowest BCUT2D eigenvalue weighted by atomic mass is 10.2. The van der Waals surface area contributed by atoms with Crippen molar-refractivity contribution in [3.63, 3.8) is 0 Å². The van der Waals surface area contributed by atoms with Gasteiger partial charge in [-0.15, -0.1) is 11.8 Å². The number of nitrogens with one attached hydrogen (secondary N) is 2. The summed E-state index contributed by atoms with van der Waals surface area (Å²) in [6, 6.07) is 6.08. The van der Waals surface area contributed by atoms with E-state index in [1.807, 2.05) is 17.8 Å². The Balaban J connectivity index is 1.94. The Morgan fingerprint density at radius 2 is 2.06 bits per heavy atom. The quantitative estimate of drug-likeness (QED) is 0.871. The third kappa shape index (κ3) is 2.40. The van der Waals surface area contributed by atoms with Gasteiger partial charge in [0.15, 0.2) is 0 Å². The molecule has 0 amide bonds. The summed E-state index contributed by atoms with van der Waals surface area (Å²) in [5.74, 6) is 0. The Hall–Kier alpha value is -0.640. The molecule has 0 unspecified atom stereocenters. The van der Waals surface area contributed by atoms with Crippen molar-refractivity contribution in [2.75, 3.05) is 13.1 Å². The molecule has 3 rings (SSSR count). The van der Waals surface area contributed by atoms with Gasteiger partial charge in [0.05, 0.1) is 0 Å². The van der Waals surface area contributed by atoms with Crippen LogP contribution in [0.2, 0.25) is 5.02 Å². The molecule has 18 heavy (non-hydrogen) atoms. The van der Waals surface area contributed by atoms with Crippen LogP contribution in [0.1, 0.15) is 18.5 Å². The van der Waals surface area contributed by atoms with E-state index in [-0.39, 0.29) is 0 Å². The summed E-state index contributed by atoms with van der Waals surface area (Å²) in [7, 11) is 0. The van der Waals surface area contributed by atoms with Crippen molar-refractivity contribution in [3.8, 4) is 0 Å². The number of hydrogen-bond acceptors (Lipinski definition) is 2. The molecule has 2 nitrogen and oxygen atoms in total. The van der Waals surface area contributed by atoms with Gasteiger partial charge >= 0.3 is 0 Å². The molecule has 1 aliphatic rings. The summed E-state index contributed by atoms with van der Waals surface area (Å²) >= 11 is 8.12. The van der Waals surface area contributed by atoms with Crippen molar-refractivity contribution in [3.05, 3.63) is 28.9 Å². The number of piperidine rings is 1.